The number of carbonyl (C=O) groups is 2. The highest BCUT2D eigenvalue weighted by Gasteiger charge is 2.17. The smallest absolute Gasteiger partial charge is 0.303 e. The molecule has 6 aromatic rings. The summed E-state index contributed by atoms with van der Waals surface area (Å²) in [6.45, 7) is 0.527. The molecule has 0 atom stereocenters. The van der Waals surface area contributed by atoms with E-state index in [4.69, 9.17) is 25.9 Å². The number of ketones is 1. The number of carboxylic acids is 1. The van der Waals surface area contributed by atoms with Gasteiger partial charge in [-0.3, -0.25) is 9.59 Å². The van der Waals surface area contributed by atoms with Crippen LogP contribution in [-0.4, -0.2) is 28.5 Å². The number of carbonyl (C=O) groups excluding carboxylic acids is 1. The minimum absolute atomic E-state index is 0.0649. The first-order chi connectivity index (χ1) is 19.4. The maximum Gasteiger partial charge on any atom is 0.303 e. The lowest BCUT2D eigenvalue weighted by molar-refractivity contribution is -0.136. The Morgan fingerprint density at radius 2 is 1.73 bits per heavy atom. The van der Waals surface area contributed by atoms with E-state index in [2.05, 4.69) is 5.32 Å². The Morgan fingerprint density at radius 1 is 0.925 bits per heavy atom. The fourth-order valence-corrected chi connectivity index (χ4v) is 5.21. The van der Waals surface area contributed by atoms with Crippen LogP contribution in [0.25, 0.3) is 32.8 Å². The molecule has 0 aliphatic carbocycles. The summed E-state index contributed by atoms with van der Waals surface area (Å²) in [5.74, 6) is -0.511. The number of rotatable bonds is 9. The summed E-state index contributed by atoms with van der Waals surface area (Å²) in [6, 6.07) is 25.3. The van der Waals surface area contributed by atoms with E-state index in [0.717, 1.165) is 44.4 Å². The molecule has 0 aliphatic heterocycles. The monoisotopic (exact) mass is 552 g/mol. The van der Waals surface area contributed by atoms with E-state index < -0.39 is 5.97 Å². The van der Waals surface area contributed by atoms with Gasteiger partial charge in [-0.2, -0.15) is 0 Å². The van der Waals surface area contributed by atoms with Crippen LogP contribution in [0.1, 0.15) is 28.8 Å². The summed E-state index contributed by atoms with van der Waals surface area (Å²) in [7, 11) is 1.65. The van der Waals surface area contributed by atoms with Crippen molar-refractivity contribution in [1.29, 1.82) is 0 Å². The van der Waals surface area contributed by atoms with Crippen molar-refractivity contribution in [2.24, 2.45) is 0 Å². The summed E-state index contributed by atoms with van der Waals surface area (Å²) in [6.07, 6.45) is 1.50. The Morgan fingerprint density at radius 3 is 2.50 bits per heavy atom. The number of methoxy groups -OCH3 is 1. The SMILES string of the molecule is COc1cc2c(cc1Nc1ccc(Cn3cc(C(=O)CCC(=O)O)c4cc(Cl)ccc43)cc1)oc1ccccc12. The Balaban J connectivity index is 1.26. The number of aliphatic carboxylic acids is 1. The van der Waals surface area contributed by atoms with Gasteiger partial charge in [0.05, 0.1) is 19.2 Å². The van der Waals surface area contributed by atoms with Gasteiger partial charge in [-0.15, -0.1) is 0 Å². The van der Waals surface area contributed by atoms with E-state index in [9.17, 15) is 9.59 Å². The summed E-state index contributed by atoms with van der Waals surface area (Å²) < 4.78 is 13.7. The van der Waals surface area contributed by atoms with Crippen molar-refractivity contribution in [1.82, 2.24) is 4.57 Å². The molecule has 0 radical (unpaired) electrons. The van der Waals surface area contributed by atoms with Gasteiger partial charge in [0.2, 0.25) is 0 Å². The molecule has 200 valence electrons. The lowest BCUT2D eigenvalue weighted by Crippen LogP contribution is -2.03. The fraction of sp³-hybridized carbons (Fsp3) is 0.125. The molecule has 40 heavy (non-hydrogen) atoms. The van der Waals surface area contributed by atoms with Crippen LogP contribution in [0, 0.1) is 0 Å². The summed E-state index contributed by atoms with van der Waals surface area (Å²) in [5.41, 5.74) is 5.63. The van der Waals surface area contributed by atoms with Crippen molar-refractivity contribution in [3.63, 3.8) is 0 Å². The number of carboxylic acid groups (broad SMARTS) is 1. The number of halogens is 1. The van der Waals surface area contributed by atoms with Gasteiger partial charge in [-0.05, 0) is 48.0 Å². The van der Waals surface area contributed by atoms with Gasteiger partial charge in [-0.1, -0.05) is 41.9 Å². The third-order valence-electron chi connectivity index (χ3n) is 6.99. The predicted octanol–water partition coefficient (Wildman–Crippen LogP) is 8.04. The standard InChI is InChI=1S/C32H25ClN2O5/c1-39-31-15-24-22-4-2-3-5-29(22)40-30(24)16-26(31)34-21-9-6-19(7-10-21)17-35-18-25(28(36)12-13-32(37)38)23-14-20(33)8-11-27(23)35/h2-11,14-16,18,34H,12-13,17H2,1H3,(H,37,38). The molecular weight excluding hydrogens is 528 g/mol. The van der Waals surface area contributed by atoms with E-state index in [1.54, 1.807) is 25.4 Å². The summed E-state index contributed by atoms with van der Waals surface area (Å²) in [4.78, 5) is 23.8. The third kappa shape index (κ3) is 4.87. The van der Waals surface area contributed by atoms with E-state index in [1.165, 1.54) is 0 Å². The highest BCUT2D eigenvalue weighted by atomic mass is 35.5. The Hall–Kier alpha value is -4.75. The molecule has 4 aromatic carbocycles. The predicted molar refractivity (Wildman–Crippen MR) is 157 cm³/mol. The van der Waals surface area contributed by atoms with Crippen molar-refractivity contribution in [3.8, 4) is 5.75 Å². The third-order valence-corrected chi connectivity index (χ3v) is 7.23. The number of aromatic nitrogens is 1. The second-order valence-corrected chi connectivity index (χ2v) is 10.1. The zero-order valence-corrected chi connectivity index (χ0v) is 22.4. The molecule has 6 rings (SSSR count). The normalized spacial score (nSPS) is 11.3. The van der Waals surface area contributed by atoms with E-state index >= 15 is 0 Å². The number of benzene rings is 4. The molecule has 0 spiro atoms. The number of anilines is 2. The van der Waals surface area contributed by atoms with Crippen LogP contribution in [0.2, 0.25) is 5.02 Å². The number of furan rings is 1. The zero-order chi connectivity index (χ0) is 27.8. The van der Waals surface area contributed by atoms with Crippen LogP contribution < -0.4 is 10.1 Å². The Kier molecular flexibility index (Phi) is 6.66. The number of nitrogens with one attached hydrogen (secondary N) is 1. The van der Waals surface area contributed by atoms with Crippen molar-refractivity contribution in [2.45, 2.75) is 19.4 Å². The van der Waals surface area contributed by atoms with Crippen molar-refractivity contribution in [2.75, 3.05) is 12.4 Å². The molecule has 8 heteroatoms. The first-order valence-corrected chi connectivity index (χ1v) is 13.2. The molecule has 0 bridgehead atoms. The number of hydrogen-bond acceptors (Lipinski definition) is 5. The molecule has 0 amide bonds. The molecule has 0 unspecified atom stereocenters. The highest BCUT2D eigenvalue weighted by molar-refractivity contribution is 6.31. The van der Waals surface area contributed by atoms with Gasteiger partial charge in [0.15, 0.2) is 5.78 Å². The number of fused-ring (bicyclic) bond motifs is 4. The minimum atomic E-state index is -1.00. The second-order valence-electron chi connectivity index (χ2n) is 9.62. The van der Waals surface area contributed by atoms with Gasteiger partial charge < -0.3 is 24.1 Å². The van der Waals surface area contributed by atoms with Gasteiger partial charge >= 0.3 is 5.97 Å². The van der Waals surface area contributed by atoms with E-state index in [0.29, 0.717) is 28.3 Å². The average Bonchev–Trinajstić information content (AvgIpc) is 3.49. The molecule has 2 N–H and O–H groups in total. The Labute approximate surface area is 234 Å². The van der Waals surface area contributed by atoms with E-state index in [1.807, 2.05) is 71.3 Å². The van der Waals surface area contributed by atoms with Crippen LogP contribution in [0.5, 0.6) is 5.75 Å². The summed E-state index contributed by atoms with van der Waals surface area (Å²) >= 11 is 6.21. The lowest BCUT2D eigenvalue weighted by atomic mass is 10.1. The van der Waals surface area contributed by atoms with Gasteiger partial charge in [0.1, 0.15) is 16.9 Å². The molecular formula is C32H25ClN2O5. The van der Waals surface area contributed by atoms with Crippen molar-refractivity contribution >= 4 is 67.6 Å². The zero-order valence-electron chi connectivity index (χ0n) is 21.6. The molecule has 7 nitrogen and oxygen atoms in total. The molecule has 0 saturated heterocycles. The van der Waals surface area contributed by atoms with Crippen LogP contribution >= 0.6 is 11.6 Å². The lowest BCUT2D eigenvalue weighted by Gasteiger charge is -2.12. The maximum absolute atomic E-state index is 12.8. The number of Topliss-reactive ketones (excluding diaryl/α,β-unsaturated/α-hetero) is 1. The molecule has 0 aliphatic rings. The number of ether oxygens (including phenoxy) is 1. The highest BCUT2D eigenvalue weighted by Crippen LogP contribution is 2.37. The first-order valence-electron chi connectivity index (χ1n) is 12.8. The fourth-order valence-electron chi connectivity index (χ4n) is 5.04. The van der Waals surface area contributed by atoms with Crippen molar-refractivity contribution in [3.05, 3.63) is 101 Å². The first kappa shape index (κ1) is 25.5. The molecule has 2 heterocycles. The van der Waals surface area contributed by atoms with Crippen LogP contribution in [0.3, 0.4) is 0 Å². The van der Waals surface area contributed by atoms with Gasteiger partial charge in [-0.25, -0.2) is 0 Å². The van der Waals surface area contributed by atoms with Crippen LogP contribution in [-0.2, 0) is 11.3 Å². The van der Waals surface area contributed by atoms with Crippen LogP contribution in [0.15, 0.2) is 89.5 Å². The van der Waals surface area contributed by atoms with Gasteiger partial charge in [0, 0.05) is 63.2 Å². The minimum Gasteiger partial charge on any atom is -0.495 e. The Bertz CT molecular complexity index is 1900. The average molecular weight is 553 g/mol. The topological polar surface area (TPSA) is 93.7 Å². The second kappa shape index (κ2) is 10.4. The molecule has 0 saturated carbocycles. The van der Waals surface area contributed by atoms with Crippen molar-refractivity contribution < 1.29 is 23.8 Å². The van der Waals surface area contributed by atoms with Gasteiger partial charge in [0.25, 0.3) is 0 Å². The number of hydrogen-bond donors (Lipinski definition) is 2. The van der Waals surface area contributed by atoms with E-state index in [-0.39, 0.29) is 18.6 Å². The number of para-hydroxylation sites is 1. The quantitative estimate of drug-likeness (QED) is 0.176. The van der Waals surface area contributed by atoms with Crippen LogP contribution in [0.4, 0.5) is 11.4 Å². The molecule has 2 aromatic heterocycles. The molecule has 0 fully saturated rings. The largest absolute Gasteiger partial charge is 0.495 e. The summed E-state index contributed by atoms with van der Waals surface area (Å²) in [5, 5.41) is 15.7. The number of nitrogens with zero attached hydrogens (tertiary/aromatic N) is 1. The maximum atomic E-state index is 12.8.